The molecular formula is C19H23N3O2S. The Kier molecular flexibility index (Phi) is 5.73. The second kappa shape index (κ2) is 8.18. The van der Waals surface area contributed by atoms with Crippen molar-refractivity contribution in [3.8, 4) is 22.1 Å². The van der Waals surface area contributed by atoms with Crippen molar-refractivity contribution < 1.29 is 9.47 Å². The molecule has 0 spiro atoms. The number of hydrogen-bond donors (Lipinski definition) is 1. The maximum absolute atomic E-state index is 5.34. The monoisotopic (exact) mass is 357 g/mol. The molecule has 132 valence electrons. The van der Waals surface area contributed by atoms with Crippen molar-refractivity contribution in [3.63, 3.8) is 0 Å². The topological polar surface area (TPSA) is 48.3 Å². The van der Waals surface area contributed by atoms with E-state index in [4.69, 9.17) is 9.47 Å². The molecule has 0 fully saturated rings. The Balaban J connectivity index is 1.51. The van der Waals surface area contributed by atoms with Crippen LogP contribution in [0, 0.1) is 0 Å². The lowest BCUT2D eigenvalue weighted by Gasteiger charge is -2.09. The molecule has 0 bridgehead atoms. The highest BCUT2D eigenvalue weighted by Crippen LogP contribution is 2.28. The van der Waals surface area contributed by atoms with Crippen molar-refractivity contribution in [2.24, 2.45) is 7.05 Å². The third kappa shape index (κ3) is 4.21. The van der Waals surface area contributed by atoms with Gasteiger partial charge >= 0.3 is 0 Å². The summed E-state index contributed by atoms with van der Waals surface area (Å²) < 4.78 is 12.7. The Bertz CT molecular complexity index is 826. The Hall–Kier alpha value is -2.31. The molecule has 0 unspecified atom stereocenters. The first-order chi connectivity index (χ1) is 12.2. The highest BCUT2D eigenvalue weighted by atomic mass is 32.1. The summed E-state index contributed by atoms with van der Waals surface area (Å²) in [5.74, 6) is 1.53. The largest absolute Gasteiger partial charge is 0.493 e. The lowest BCUT2D eigenvalue weighted by Crippen LogP contribution is -2.16. The van der Waals surface area contributed by atoms with Crippen LogP contribution in [0.3, 0.4) is 0 Å². The Morgan fingerprint density at radius 3 is 2.72 bits per heavy atom. The molecule has 0 radical (unpaired) electrons. The maximum Gasteiger partial charge on any atom is 0.160 e. The molecular weight excluding hydrogens is 334 g/mol. The first-order valence-electron chi connectivity index (χ1n) is 8.19. The first kappa shape index (κ1) is 17.5. The van der Waals surface area contributed by atoms with Gasteiger partial charge in [-0.3, -0.25) is 0 Å². The molecule has 0 saturated heterocycles. The number of benzene rings is 1. The van der Waals surface area contributed by atoms with E-state index in [-0.39, 0.29) is 0 Å². The Morgan fingerprint density at radius 2 is 2.00 bits per heavy atom. The van der Waals surface area contributed by atoms with E-state index in [0.29, 0.717) is 0 Å². The van der Waals surface area contributed by atoms with E-state index in [1.54, 1.807) is 25.6 Å². The van der Waals surface area contributed by atoms with Crippen molar-refractivity contribution in [3.05, 3.63) is 53.3 Å². The number of rotatable bonds is 8. The third-order valence-electron chi connectivity index (χ3n) is 4.06. The molecule has 0 aliphatic carbocycles. The highest BCUT2D eigenvalue weighted by Gasteiger charge is 2.07. The van der Waals surface area contributed by atoms with E-state index in [1.165, 1.54) is 16.1 Å². The molecule has 3 rings (SSSR count). The second-order valence-corrected chi connectivity index (χ2v) is 6.85. The molecule has 6 heteroatoms. The van der Waals surface area contributed by atoms with Crippen LogP contribution in [0.2, 0.25) is 0 Å². The van der Waals surface area contributed by atoms with Crippen LogP contribution in [-0.4, -0.2) is 30.3 Å². The SMILES string of the molecule is COc1ccc(CCNCc2ncc(-c3cccn3C)s2)cc1OC. The normalized spacial score (nSPS) is 10.8. The van der Waals surface area contributed by atoms with Crippen LogP contribution in [0.25, 0.3) is 10.6 Å². The van der Waals surface area contributed by atoms with Crippen LogP contribution < -0.4 is 14.8 Å². The summed E-state index contributed by atoms with van der Waals surface area (Å²) in [4.78, 5) is 5.71. The number of ether oxygens (including phenoxy) is 2. The van der Waals surface area contributed by atoms with Crippen molar-refractivity contribution in [2.75, 3.05) is 20.8 Å². The van der Waals surface area contributed by atoms with Gasteiger partial charge < -0.3 is 19.4 Å². The predicted molar refractivity (Wildman–Crippen MR) is 101 cm³/mol. The first-order valence-corrected chi connectivity index (χ1v) is 9.01. The van der Waals surface area contributed by atoms with Crippen molar-refractivity contribution in [2.45, 2.75) is 13.0 Å². The quantitative estimate of drug-likeness (QED) is 0.627. The Morgan fingerprint density at radius 1 is 1.16 bits per heavy atom. The summed E-state index contributed by atoms with van der Waals surface area (Å²) in [5, 5.41) is 4.56. The van der Waals surface area contributed by atoms with Gasteiger partial charge in [-0.25, -0.2) is 4.98 Å². The standard InChI is InChI=1S/C19H23N3O2S/c1-22-10-4-5-15(22)18-12-21-19(25-18)13-20-9-8-14-6-7-16(23-2)17(11-14)24-3/h4-7,10-12,20H,8-9,13H2,1-3H3. The zero-order valence-electron chi connectivity index (χ0n) is 14.8. The van der Waals surface area contributed by atoms with Crippen molar-refractivity contribution in [1.82, 2.24) is 14.9 Å². The molecule has 25 heavy (non-hydrogen) atoms. The van der Waals surface area contributed by atoms with E-state index in [9.17, 15) is 0 Å². The van der Waals surface area contributed by atoms with Gasteiger partial charge in [0.2, 0.25) is 0 Å². The number of aryl methyl sites for hydroxylation is 1. The zero-order valence-corrected chi connectivity index (χ0v) is 15.6. The number of nitrogens with zero attached hydrogens (tertiary/aromatic N) is 2. The van der Waals surface area contributed by atoms with E-state index < -0.39 is 0 Å². The second-order valence-electron chi connectivity index (χ2n) is 5.74. The molecule has 3 aromatic rings. The molecule has 2 heterocycles. The Labute approximate surface area is 152 Å². The summed E-state index contributed by atoms with van der Waals surface area (Å²) in [6, 6.07) is 10.2. The summed E-state index contributed by atoms with van der Waals surface area (Å²) in [6.07, 6.45) is 4.93. The highest BCUT2D eigenvalue weighted by molar-refractivity contribution is 7.15. The average Bonchev–Trinajstić information content (AvgIpc) is 3.27. The molecule has 5 nitrogen and oxygen atoms in total. The average molecular weight is 357 g/mol. The predicted octanol–water partition coefficient (Wildman–Crippen LogP) is 3.50. The smallest absolute Gasteiger partial charge is 0.160 e. The van der Waals surface area contributed by atoms with E-state index in [1.807, 2.05) is 18.3 Å². The van der Waals surface area contributed by atoms with Gasteiger partial charge in [0.05, 0.1) is 24.8 Å². The molecule has 1 N–H and O–H groups in total. The number of nitrogens with one attached hydrogen (secondary N) is 1. The zero-order chi connectivity index (χ0) is 17.6. The van der Waals surface area contributed by atoms with E-state index in [2.05, 4.69) is 46.3 Å². The van der Waals surface area contributed by atoms with Gasteiger partial charge in [-0.2, -0.15) is 0 Å². The number of thiazole rings is 1. The van der Waals surface area contributed by atoms with Gasteiger partial charge in [0, 0.05) is 26.0 Å². The maximum atomic E-state index is 5.34. The van der Waals surface area contributed by atoms with Gasteiger partial charge in [-0.05, 0) is 42.8 Å². The van der Waals surface area contributed by atoms with Gasteiger partial charge in [0.25, 0.3) is 0 Å². The van der Waals surface area contributed by atoms with Crippen LogP contribution in [0.15, 0.2) is 42.7 Å². The molecule has 0 amide bonds. The van der Waals surface area contributed by atoms with Crippen molar-refractivity contribution >= 4 is 11.3 Å². The van der Waals surface area contributed by atoms with Gasteiger partial charge in [-0.15, -0.1) is 11.3 Å². The minimum absolute atomic E-state index is 0.759. The minimum atomic E-state index is 0.759. The van der Waals surface area contributed by atoms with Crippen LogP contribution in [0.1, 0.15) is 10.6 Å². The van der Waals surface area contributed by atoms with Crippen LogP contribution in [0.5, 0.6) is 11.5 Å². The van der Waals surface area contributed by atoms with Crippen molar-refractivity contribution in [1.29, 1.82) is 0 Å². The molecule has 0 atom stereocenters. The molecule has 0 aliphatic rings. The minimum Gasteiger partial charge on any atom is -0.493 e. The summed E-state index contributed by atoms with van der Waals surface area (Å²) >= 11 is 1.73. The lowest BCUT2D eigenvalue weighted by atomic mass is 10.1. The third-order valence-corrected chi connectivity index (χ3v) is 5.08. The fraction of sp³-hybridized carbons (Fsp3) is 0.316. The van der Waals surface area contributed by atoms with Crippen LogP contribution >= 0.6 is 11.3 Å². The summed E-state index contributed by atoms with van der Waals surface area (Å²) in [7, 11) is 5.36. The van der Waals surface area contributed by atoms with Gasteiger partial charge in [0.1, 0.15) is 5.01 Å². The number of methoxy groups -OCH3 is 2. The van der Waals surface area contributed by atoms with E-state index in [0.717, 1.165) is 36.0 Å². The molecule has 0 aliphatic heterocycles. The fourth-order valence-corrected chi connectivity index (χ4v) is 3.65. The molecule has 0 saturated carbocycles. The summed E-state index contributed by atoms with van der Waals surface area (Å²) in [6.45, 7) is 1.66. The van der Waals surface area contributed by atoms with Gasteiger partial charge in [0.15, 0.2) is 11.5 Å². The van der Waals surface area contributed by atoms with Gasteiger partial charge in [-0.1, -0.05) is 6.07 Å². The van der Waals surface area contributed by atoms with Crippen LogP contribution in [-0.2, 0) is 20.0 Å². The summed E-state index contributed by atoms with van der Waals surface area (Å²) in [5.41, 5.74) is 2.42. The fourth-order valence-electron chi connectivity index (χ4n) is 2.69. The molecule has 2 aromatic heterocycles. The molecule has 1 aromatic carbocycles. The van der Waals surface area contributed by atoms with E-state index >= 15 is 0 Å². The lowest BCUT2D eigenvalue weighted by molar-refractivity contribution is 0.354. The number of hydrogen-bond acceptors (Lipinski definition) is 5. The number of aromatic nitrogens is 2. The van der Waals surface area contributed by atoms with Crippen LogP contribution in [0.4, 0.5) is 0 Å².